The van der Waals surface area contributed by atoms with E-state index in [2.05, 4.69) is 15.3 Å². The molecule has 0 aromatic carbocycles. The van der Waals surface area contributed by atoms with Crippen LogP contribution >= 0.6 is 0 Å². The number of carbonyl (C=O) groups excluding carboxylic acids is 1. The lowest BCUT2D eigenvalue weighted by Crippen LogP contribution is -2.44. The monoisotopic (exact) mass is 312 g/mol. The fraction of sp³-hybridized carbons (Fsp3) is 0.389. The number of nitrogens with one attached hydrogen (secondary N) is 1. The maximum absolute atomic E-state index is 12.4. The van der Waals surface area contributed by atoms with Gasteiger partial charge in [-0.25, -0.2) is 4.79 Å². The molecule has 0 fully saturated rings. The highest BCUT2D eigenvalue weighted by atomic mass is 16.2. The van der Waals surface area contributed by atoms with Crippen molar-refractivity contribution >= 4 is 6.03 Å². The molecule has 0 unspecified atom stereocenters. The van der Waals surface area contributed by atoms with Gasteiger partial charge >= 0.3 is 6.03 Å². The molecule has 0 bridgehead atoms. The first kappa shape index (κ1) is 16.9. The molecule has 2 heterocycles. The molecule has 1 N–H and O–H groups in total. The number of urea groups is 1. The molecular formula is C18H24N4O. The molecule has 0 aliphatic rings. The van der Waals surface area contributed by atoms with Crippen molar-refractivity contribution in [3.05, 3.63) is 59.7 Å². The van der Waals surface area contributed by atoms with Crippen LogP contribution in [0.25, 0.3) is 0 Å². The number of pyridine rings is 2. The zero-order valence-corrected chi connectivity index (χ0v) is 14.0. The number of hydrogen-bond acceptors (Lipinski definition) is 3. The highest BCUT2D eigenvalue weighted by Crippen LogP contribution is 2.06. The highest BCUT2D eigenvalue weighted by molar-refractivity contribution is 5.74. The van der Waals surface area contributed by atoms with Gasteiger partial charge in [-0.3, -0.25) is 9.97 Å². The lowest BCUT2D eigenvalue weighted by atomic mass is 10.1. The first-order valence-corrected chi connectivity index (χ1v) is 7.95. The van der Waals surface area contributed by atoms with Crippen LogP contribution in [0.1, 0.15) is 30.8 Å². The molecule has 0 spiro atoms. The van der Waals surface area contributed by atoms with Crippen LogP contribution in [-0.2, 0) is 13.0 Å². The van der Waals surface area contributed by atoms with E-state index in [1.54, 1.807) is 17.3 Å². The average molecular weight is 312 g/mol. The maximum Gasteiger partial charge on any atom is 0.317 e. The van der Waals surface area contributed by atoms with Gasteiger partial charge in [0, 0.05) is 49.3 Å². The minimum atomic E-state index is -0.0514. The third-order valence-corrected chi connectivity index (χ3v) is 3.62. The van der Waals surface area contributed by atoms with Crippen molar-refractivity contribution in [3.8, 4) is 0 Å². The Balaban J connectivity index is 1.90. The normalized spacial score (nSPS) is 11.8. The van der Waals surface area contributed by atoms with E-state index in [1.807, 2.05) is 51.1 Å². The molecule has 1 atom stereocenters. The molecule has 0 aliphatic carbocycles. The standard InChI is InChI=1S/C18H24N4O/c1-4-22(13-16-8-10-19-11-9-16)18(23)21-15(3)12-17-7-5-6-14(2)20-17/h5-11,15H,4,12-13H2,1-3H3,(H,21,23)/t15-/m1/s1. The summed E-state index contributed by atoms with van der Waals surface area (Å²) in [4.78, 5) is 22.7. The Hall–Kier alpha value is -2.43. The number of nitrogens with zero attached hydrogens (tertiary/aromatic N) is 3. The number of amides is 2. The summed E-state index contributed by atoms with van der Waals surface area (Å²) in [7, 11) is 0. The summed E-state index contributed by atoms with van der Waals surface area (Å²) >= 11 is 0. The van der Waals surface area contributed by atoms with Crippen LogP contribution in [0.3, 0.4) is 0 Å². The van der Waals surface area contributed by atoms with Crippen molar-refractivity contribution in [2.24, 2.45) is 0 Å². The van der Waals surface area contributed by atoms with Gasteiger partial charge in [-0.1, -0.05) is 6.07 Å². The minimum Gasteiger partial charge on any atom is -0.335 e. The summed E-state index contributed by atoms with van der Waals surface area (Å²) in [5.74, 6) is 0. The third kappa shape index (κ3) is 5.36. The SMILES string of the molecule is CCN(Cc1ccncc1)C(=O)N[C@H](C)Cc1cccc(C)n1. The summed E-state index contributed by atoms with van der Waals surface area (Å²) in [5.41, 5.74) is 3.06. The molecule has 0 radical (unpaired) electrons. The average Bonchev–Trinajstić information content (AvgIpc) is 2.53. The zero-order chi connectivity index (χ0) is 16.7. The molecule has 23 heavy (non-hydrogen) atoms. The maximum atomic E-state index is 12.4. The predicted octanol–water partition coefficient (Wildman–Crippen LogP) is 2.95. The van der Waals surface area contributed by atoms with Crippen molar-refractivity contribution in [3.63, 3.8) is 0 Å². The zero-order valence-electron chi connectivity index (χ0n) is 14.0. The van der Waals surface area contributed by atoms with Crippen molar-refractivity contribution in [1.82, 2.24) is 20.2 Å². The molecular weight excluding hydrogens is 288 g/mol. The van der Waals surface area contributed by atoms with Crippen molar-refractivity contribution in [1.29, 1.82) is 0 Å². The Morgan fingerprint density at radius 2 is 2.00 bits per heavy atom. The molecule has 2 aromatic rings. The molecule has 122 valence electrons. The van der Waals surface area contributed by atoms with Crippen LogP contribution in [0.15, 0.2) is 42.7 Å². The van der Waals surface area contributed by atoms with Crippen LogP contribution in [0.5, 0.6) is 0 Å². The van der Waals surface area contributed by atoms with Crippen LogP contribution in [0.2, 0.25) is 0 Å². The van der Waals surface area contributed by atoms with Crippen LogP contribution in [0.4, 0.5) is 4.79 Å². The number of hydrogen-bond donors (Lipinski definition) is 1. The molecule has 5 nitrogen and oxygen atoms in total. The Labute approximate surface area is 137 Å². The molecule has 2 amide bonds. The summed E-state index contributed by atoms with van der Waals surface area (Å²) in [6.07, 6.45) is 4.21. The fourth-order valence-electron chi connectivity index (χ4n) is 2.42. The van der Waals surface area contributed by atoms with E-state index in [-0.39, 0.29) is 12.1 Å². The van der Waals surface area contributed by atoms with E-state index in [1.165, 1.54) is 0 Å². The first-order valence-electron chi connectivity index (χ1n) is 7.95. The van der Waals surface area contributed by atoms with Crippen molar-refractivity contribution in [2.45, 2.75) is 39.8 Å². The molecule has 0 aliphatic heterocycles. The van der Waals surface area contributed by atoms with Gasteiger partial charge in [-0.05, 0) is 50.6 Å². The Bertz CT molecular complexity index is 630. The van der Waals surface area contributed by atoms with E-state index < -0.39 is 0 Å². The van der Waals surface area contributed by atoms with Gasteiger partial charge in [0.05, 0.1) is 0 Å². The van der Waals surface area contributed by atoms with Crippen LogP contribution in [-0.4, -0.2) is 33.5 Å². The number of aromatic nitrogens is 2. The second-order valence-corrected chi connectivity index (χ2v) is 5.69. The van der Waals surface area contributed by atoms with Gasteiger partial charge in [0.2, 0.25) is 0 Å². The number of rotatable bonds is 6. The molecule has 0 saturated heterocycles. The third-order valence-electron chi connectivity index (χ3n) is 3.62. The van der Waals surface area contributed by atoms with E-state index >= 15 is 0 Å². The van der Waals surface area contributed by atoms with Crippen molar-refractivity contribution in [2.75, 3.05) is 6.54 Å². The highest BCUT2D eigenvalue weighted by Gasteiger charge is 2.15. The fourth-order valence-corrected chi connectivity index (χ4v) is 2.42. The summed E-state index contributed by atoms with van der Waals surface area (Å²) in [6, 6.07) is 9.79. The Morgan fingerprint density at radius 1 is 1.26 bits per heavy atom. The number of aryl methyl sites for hydroxylation is 1. The Kier molecular flexibility index (Phi) is 6.09. The smallest absolute Gasteiger partial charge is 0.317 e. The van der Waals surface area contributed by atoms with E-state index in [9.17, 15) is 4.79 Å². The van der Waals surface area contributed by atoms with Gasteiger partial charge in [0.25, 0.3) is 0 Å². The first-order chi connectivity index (χ1) is 11.1. The van der Waals surface area contributed by atoms with Gasteiger partial charge in [-0.15, -0.1) is 0 Å². The lowest BCUT2D eigenvalue weighted by Gasteiger charge is -2.24. The number of carbonyl (C=O) groups is 1. The van der Waals surface area contributed by atoms with Crippen molar-refractivity contribution < 1.29 is 4.79 Å². The summed E-state index contributed by atoms with van der Waals surface area (Å²) in [5, 5.41) is 3.05. The second kappa shape index (κ2) is 8.27. The van der Waals surface area contributed by atoms with Gasteiger partial charge in [0.15, 0.2) is 0 Å². The Morgan fingerprint density at radius 3 is 2.65 bits per heavy atom. The van der Waals surface area contributed by atoms with Crippen LogP contribution in [0, 0.1) is 6.92 Å². The molecule has 5 heteroatoms. The summed E-state index contributed by atoms with van der Waals surface area (Å²) in [6.45, 7) is 7.19. The van der Waals surface area contributed by atoms with Gasteiger partial charge in [0.1, 0.15) is 0 Å². The molecule has 0 saturated carbocycles. The molecule has 2 aromatic heterocycles. The largest absolute Gasteiger partial charge is 0.335 e. The second-order valence-electron chi connectivity index (χ2n) is 5.69. The predicted molar refractivity (Wildman–Crippen MR) is 91.0 cm³/mol. The van der Waals surface area contributed by atoms with E-state index in [0.29, 0.717) is 13.1 Å². The minimum absolute atomic E-state index is 0.0308. The van der Waals surface area contributed by atoms with Gasteiger partial charge < -0.3 is 10.2 Å². The topological polar surface area (TPSA) is 58.1 Å². The van der Waals surface area contributed by atoms with E-state index in [4.69, 9.17) is 0 Å². The van der Waals surface area contributed by atoms with Crippen LogP contribution < -0.4 is 5.32 Å². The lowest BCUT2D eigenvalue weighted by molar-refractivity contribution is 0.194. The quantitative estimate of drug-likeness (QED) is 0.892. The summed E-state index contributed by atoms with van der Waals surface area (Å²) < 4.78 is 0. The van der Waals surface area contributed by atoms with E-state index in [0.717, 1.165) is 23.4 Å². The molecule has 2 rings (SSSR count). The van der Waals surface area contributed by atoms with Gasteiger partial charge in [-0.2, -0.15) is 0 Å².